The second kappa shape index (κ2) is 6.11. The third kappa shape index (κ3) is 2.67. The fraction of sp³-hybridized carbons (Fsp3) is 0.917. The van der Waals surface area contributed by atoms with Crippen molar-refractivity contribution in [3.05, 3.63) is 12.2 Å². The van der Waals surface area contributed by atoms with E-state index in [0.717, 1.165) is 48.3 Å². The van der Waals surface area contributed by atoms with Crippen molar-refractivity contribution in [3.8, 4) is 0 Å². The standard InChI is InChI=1S/C24H40O/c1-6-17-13-20-16(14-24(17,5)25)7-8-19-18(20)11-12-23(4)21(15(2)3)9-10-22(19)23/h16-22,25H,2,6-14H2,1,3-5H3/t16-,17+,18+,19-,20+,21-,22+,23-,24+/m1/s1. The summed E-state index contributed by atoms with van der Waals surface area (Å²) in [5.41, 5.74) is 1.56. The Labute approximate surface area is 155 Å². The number of hydrogen-bond acceptors (Lipinski definition) is 1. The Morgan fingerprint density at radius 1 is 1.04 bits per heavy atom. The van der Waals surface area contributed by atoms with Crippen molar-refractivity contribution in [3.63, 3.8) is 0 Å². The van der Waals surface area contributed by atoms with Gasteiger partial charge in [-0.05, 0) is 112 Å². The second-order valence-corrected chi connectivity index (χ2v) is 10.9. The van der Waals surface area contributed by atoms with Crippen LogP contribution in [0.5, 0.6) is 0 Å². The van der Waals surface area contributed by atoms with Crippen LogP contribution in [0.3, 0.4) is 0 Å². The summed E-state index contributed by atoms with van der Waals surface area (Å²) in [7, 11) is 0. The van der Waals surface area contributed by atoms with E-state index in [0.29, 0.717) is 11.3 Å². The lowest BCUT2D eigenvalue weighted by atomic mass is 9.47. The van der Waals surface area contributed by atoms with Crippen LogP contribution in [-0.2, 0) is 0 Å². The summed E-state index contributed by atoms with van der Waals surface area (Å²) in [4.78, 5) is 0. The zero-order valence-electron chi connectivity index (χ0n) is 17.1. The van der Waals surface area contributed by atoms with Gasteiger partial charge in [0.15, 0.2) is 0 Å². The molecule has 0 aromatic carbocycles. The Morgan fingerprint density at radius 2 is 1.80 bits per heavy atom. The highest BCUT2D eigenvalue weighted by Crippen LogP contribution is 2.65. The van der Waals surface area contributed by atoms with E-state index in [1.54, 1.807) is 0 Å². The molecule has 0 radical (unpaired) electrons. The highest BCUT2D eigenvalue weighted by Gasteiger charge is 2.58. The van der Waals surface area contributed by atoms with Crippen LogP contribution in [0.2, 0.25) is 0 Å². The summed E-state index contributed by atoms with van der Waals surface area (Å²) in [6, 6.07) is 0. The van der Waals surface area contributed by atoms with Gasteiger partial charge < -0.3 is 5.11 Å². The Hall–Kier alpha value is -0.300. The van der Waals surface area contributed by atoms with Crippen LogP contribution in [-0.4, -0.2) is 10.7 Å². The van der Waals surface area contributed by atoms with E-state index >= 15 is 0 Å². The first-order chi connectivity index (χ1) is 11.8. The van der Waals surface area contributed by atoms with Crippen LogP contribution in [0.15, 0.2) is 12.2 Å². The Morgan fingerprint density at radius 3 is 2.48 bits per heavy atom. The first-order valence-electron chi connectivity index (χ1n) is 11.2. The normalized spacial score (nSPS) is 55.2. The lowest BCUT2D eigenvalue weighted by Crippen LogP contribution is -2.53. The van der Waals surface area contributed by atoms with Crippen LogP contribution >= 0.6 is 0 Å². The van der Waals surface area contributed by atoms with E-state index < -0.39 is 5.60 Å². The summed E-state index contributed by atoms with van der Waals surface area (Å²) in [5, 5.41) is 10.9. The molecule has 0 aromatic heterocycles. The molecule has 0 amide bonds. The van der Waals surface area contributed by atoms with Crippen molar-refractivity contribution >= 4 is 0 Å². The molecule has 1 heteroatoms. The Kier molecular flexibility index (Phi) is 4.42. The van der Waals surface area contributed by atoms with Crippen LogP contribution in [0.1, 0.15) is 85.5 Å². The molecular weight excluding hydrogens is 304 g/mol. The van der Waals surface area contributed by atoms with Crippen molar-refractivity contribution in [2.24, 2.45) is 46.8 Å². The molecule has 0 heterocycles. The molecule has 0 unspecified atom stereocenters. The summed E-state index contributed by atoms with van der Waals surface area (Å²) >= 11 is 0. The van der Waals surface area contributed by atoms with E-state index in [4.69, 9.17) is 0 Å². The predicted molar refractivity (Wildman–Crippen MR) is 105 cm³/mol. The maximum atomic E-state index is 10.9. The minimum atomic E-state index is -0.412. The fourth-order valence-electron chi connectivity index (χ4n) is 8.55. The van der Waals surface area contributed by atoms with Gasteiger partial charge in [0.2, 0.25) is 0 Å². The van der Waals surface area contributed by atoms with Gasteiger partial charge in [0.25, 0.3) is 0 Å². The fourth-order valence-corrected chi connectivity index (χ4v) is 8.55. The maximum absolute atomic E-state index is 10.9. The van der Waals surface area contributed by atoms with E-state index in [-0.39, 0.29) is 0 Å². The van der Waals surface area contributed by atoms with Gasteiger partial charge in [0.1, 0.15) is 0 Å². The topological polar surface area (TPSA) is 20.2 Å². The maximum Gasteiger partial charge on any atom is 0.0650 e. The lowest BCUT2D eigenvalue weighted by molar-refractivity contribution is -0.126. The highest BCUT2D eigenvalue weighted by molar-refractivity contribution is 5.14. The van der Waals surface area contributed by atoms with Crippen LogP contribution in [0.4, 0.5) is 0 Å². The third-order valence-electron chi connectivity index (χ3n) is 9.72. The van der Waals surface area contributed by atoms with Crippen molar-refractivity contribution in [1.29, 1.82) is 0 Å². The molecule has 4 rings (SSSR count). The molecule has 25 heavy (non-hydrogen) atoms. The van der Waals surface area contributed by atoms with Crippen molar-refractivity contribution in [1.82, 2.24) is 0 Å². The zero-order chi connectivity index (χ0) is 18.0. The van der Waals surface area contributed by atoms with Gasteiger partial charge in [0, 0.05) is 0 Å². The SMILES string of the molecule is C=C(C)[C@H]1CC[C@H]2[C@@H]3CC[C@@H]4C[C@](C)(O)[C@@H](CC)C[C@@H]4[C@H]3CC[C@]12C. The van der Waals surface area contributed by atoms with Gasteiger partial charge in [-0.3, -0.25) is 0 Å². The highest BCUT2D eigenvalue weighted by atomic mass is 16.3. The minimum Gasteiger partial charge on any atom is -0.390 e. The van der Waals surface area contributed by atoms with Gasteiger partial charge in [0.05, 0.1) is 5.60 Å². The number of aliphatic hydroxyl groups is 1. The first-order valence-corrected chi connectivity index (χ1v) is 11.2. The van der Waals surface area contributed by atoms with E-state index in [1.165, 1.54) is 50.5 Å². The van der Waals surface area contributed by atoms with E-state index in [1.807, 2.05) is 0 Å². The quantitative estimate of drug-likeness (QED) is 0.590. The molecule has 0 aromatic rings. The minimum absolute atomic E-state index is 0.412. The van der Waals surface area contributed by atoms with Crippen molar-refractivity contribution in [2.45, 2.75) is 91.1 Å². The summed E-state index contributed by atoms with van der Waals surface area (Å²) < 4.78 is 0. The molecule has 142 valence electrons. The average molecular weight is 345 g/mol. The average Bonchev–Trinajstić information content (AvgIpc) is 2.90. The molecule has 0 saturated heterocycles. The zero-order valence-corrected chi connectivity index (χ0v) is 17.1. The first kappa shape index (κ1) is 18.1. The number of rotatable bonds is 2. The van der Waals surface area contributed by atoms with Crippen LogP contribution in [0.25, 0.3) is 0 Å². The van der Waals surface area contributed by atoms with Gasteiger partial charge in [-0.15, -0.1) is 0 Å². The second-order valence-electron chi connectivity index (χ2n) is 10.9. The van der Waals surface area contributed by atoms with Crippen LogP contribution < -0.4 is 0 Å². The van der Waals surface area contributed by atoms with E-state index in [2.05, 4.69) is 34.3 Å². The third-order valence-corrected chi connectivity index (χ3v) is 9.72. The molecule has 9 atom stereocenters. The number of hydrogen-bond donors (Lipinski definition) is 1. The van der Waals surface area contributed by atoms with Crippen LogP contribution in [0, 0.1) is 46.8 Å². The van der Waals surface area contributed by atoms with Gasteiger partial charge in [-0.25, -0.2) is 0 Å². The molecule has 1 N–H and O–H groups in total. The predicted octanol–water partition coefficient (Wildman–Crippen LogP) is 6.22. The van der Waals surface area contributed by atoms with Crippen molar-refractivity contribution in [2.75, 3.05) is 0 Å². The molecule has 4 aliphatic rings. The number of allylic oxidation sites excluding steroid dienone is 1. The summed E-state index contributed by atoms with van der Waals surface area (Å²) in [6.45, 7) is 13.6. The molecule has 0 aliphatic heterocycles. The largest absolute Gasteiger partial charge is 0.390 e. The monoisotopic (exact) mass is 344 g/mol. The van der Waals surface area contributed by atoms with Crippen molar-refractivity contribution < 1.29 is 5.11 Å². The molecular formula is C24H40O. The molecule has 1 nitrogen and oxygen atoms in total. The molecule has 4 fully saturated rings. The summed E-state index contributed by atoms with van der Waals surface area (Å²) in [6.07, 6.45) is 12.0. The molecule has 0 spiro atoms. The van der Waals surface area contributed by atoms with Gasteiger partial charge in [-0.2, -0.15) is 0 Å². The van der Waals surface area contributed by atoms with E-state index in [9.17, 15) is 5.11 Å². The number of fused-ring (bicyclic) bond motifs is 5. The van der Waals surface area contributed by atoms with Gasteiger partial charge >= 0.3 is 0 Å². The smallest absolute Gasteiger partial charge is 0.0650 e. The molecule has 0 bridgehead atoms. The van der Waals surface area contributed by atoms with Gasteiger partial charge in [-0.1, -0.05) is 32.4 Å². The molecule has 4 aliphatic carbocycles. The lowest BCUT2D eigenvalue weighted by Gasteiger charge is -2.58. The summed E-state index contributed by atoms with van der Waals surface area (Å²) in [5.74, 6) is 5.84. The Bertz CT molecular complexity index is 534. The molecule has 4 saturated carbocycles. The Balaban J connectivity index is 1.57.